The minimum Gasteiger partial charge on any atom is -0.397 e. The zero-order chi connectivity index (χ0) is 14.0. The molecule has 3 unspecified atom stereocenters. The van der Waals surface area contributed by atoms with Crippen molar-refractivity contribution in [1.82, 2.24) is 5.32 Å². The number of nitrogens with two attached hydrogens (primary N) is 1. The Kier molecular flexibility index (Phi) is 3.98. The quantitative estimate of drug-likeness (QED) is 0.732. The molecule has 1 aromatic carbocycles. The van der Waals surface area contributed by atoms with E-state index in [1.807, 2.05) is 6.07 Å². The van der Waals surface area contributed by atoms with Gasteiger partial charge in [-0.15, -0.1) is 0 Å². The van der Waals surface area contributed by atoms with Crippen LogP contribution in [0, 0.1) is 11.8 Å². The van der Waals surface area contributed by atoms with Gasteiger partial charge in [-0.25, -0.2) is 0 Å². The van der Waals surface area contributed by atoms with Gasteiger partial charge in [0.05, 0.1) is 11.4 Å². The lowest BCUT2D eigenvalue weighted by molar-refractivity contribution is 0.0963. The number of carbonyl (C=O) groups is 1. The van der Waals surface area contributed by atoms with Gasteiger partial charge in [-0.2, -0.15) is 0 Å². The van der Waals surface area contributed by atoms with Crippen molar-refractivity contribution in [2.24, 2.45) is 11.8 Å². The molecule has 3 atom stereocenters. The first-order valence-corrected chi connectivity index (χ1v) is 6.91. The minimum absolute atomic E-state index is 0.110. The Bertz CT molecular complexity index is 472. The molecule has 0 spiro atoms. The molecule has 104 valence electrons. The highest BCUT2D eigenvalue weighted by Gasteiger charge is 2.29. The Hall–Kier alpha value is -1.71. The average molecular weight is 261 g/mol. The summed E-state index contributed by atoms with van der Waals surface area (Å²) in [5, 5.41) is 6.12. The summed E-state index contributed by atoms with van der Waals surface area (Å²) in [6.07, 6.45) is 2.44. The molecule has 1 aliphatic rings. The second kappa shape index (κ2) is 5.51. The Morgan fingerprint density at radius 1 is 1.32 bits per heavy atom. The van der Waals surface area contributed by atoms with Crippen LogP contribution in [0.15, 0.2) is 18.2 Å². The van der Waals surface area contributed by atoms with Gasteiger partial charge in [0.2, 0.25) is 0 Å². The lowest BCUT2D eigenvalue weighted by Gasteiger charge is -2.22. The summed E-state index contributed by atoms with van der Waals surface area (Å²) >= 11 is 0. The number of amides is 1. The first kappa shape index (κ1) is 13.7. The molecule has 4 N–H and O–H groups in total. The van der Waals surface area contributed by atoms with E-state index in [0.717, 1.165) is 11.6 Å². The van der Waals surface area contributed by atoms with Crippen LogP contribution in [0.1, 0.15) is 37.0 Å². The van der Waals surface area contributed by atoms with Crippen molar-refractivity contribution in [3.05, 3.63) is 23.8 Å². The van der Waals surface area contributed by atoms with Gasteiger partial charge in [0.25, 0.3) is 5.91 Å². The van der Waals surface area contributed by atoms with Gasteiger partial charge in [0, 0.05) is 18.7 Å². The lowest BCUT2D eigenvalue weighted by atomic mass is 9.97. The Labute approximate surface area is 114 Å². The molecule has 0 aromatic heterocycles. The van der Waals surface area contributed by atoms with Gasteiger partial charge in [0.1, 0.15) is 0 Å². The number of nitrogens with one attached hydrogen (secondary N) is 2. The molecule has 1 aliphatic carbocycles. The molecule has 0 aliphatic heterocycles. The van der Waals surface area contributed by atoms with E-state index >= 15 is 0 Å². The average Bonchev–Trinajstić information content (AvgIpc) is 2.72. The third-order valence-corrected chi connectivity index (χ3v) is 4.35. The van der Waals surface area contributed by atoms with Crippen molar-refractivity contribution in [2.75, 3.05) is 18.1 Å². The van der Waals surface area contributed by atoms with Gasteiger partial charge in [0.15, 0.2) is 0 Å². The number of benzene rings is 1. The molecular formula is C15H23N3O. The molecule has 1 saturated carbocycles. The monoisotopic (exact) mass is 261 g/mol. The second-order valence-electron chi connectivity index (χ2n) is 5.55. The molecular weight excluding hydrogens is 238 g/mol. The number of hydrogen-bond donors (Lipinski definition) is 3. The molecule has 1 fully saturated rings. The highest BCUT2D eigenvalue weighted by molar-refractivity contribution is 5.95. The number of hydrogen-bond acceptors (Lipinski definition) is 3. The third-order valence-electron chi connectivity index (χ3n) is 4.35. The molecule has 4 nitrogen and oxygen atoms in total. The Morgan fingerprint density at radius 3 is 2.58 bits per heavy atom. The maximum Gasteiger partial charge on any atom is 0.251 e. The normalized spacial score (nSPS) is 26.2. The molecule has 19 heavy (non-hydrogen) atoms. The van der Waals surface area contributed by atoms with Crippen LogP contribution in [0.25, 0.3) is 0 Å². The number of anilines is 2. The molecule has 1 aromatic rings. The van der Waals surface area contributed by atoms with Crippen molar-refractivity contribution in [3.63, 3.8) is 0 Å². The van der Waals surface area contributed by atoms with Crippen molar-refractivity contribution in [3.8, 4) is 0 Å². The molecule has 2 rings (SSSR count). The van der Waals surface area contributed by atoms with E-state index in [2.05, 4.69) is 24.5 Å². The zero-order valence-electron chi connectivity index (χ0n) is 11.9. The summed E-state index contributed by atoms with van der Waals surface area (Å²) in [7, 11) is 1.62. The minimum atomic E-state index is -0.110. The summed E-state index contributed by atoms with van der Waals surface area (Å²) in [6, 6.07) is 5.91. The highest BCUT2D eigenvalue weighted by Crippen LogP contribution is 2.34. The fraction of sp³-hybridized carbons (Fsp3) is 0.533. The van der Waals surface area contributed by atoms with Gasteiger partial charge in [-0.1, -0.05) is 13.8 Å². The van der Waals surface area contributed by atoms with Crippen LogP contribution in [0.3, 0.4) is 0 Å². The molecule has 4 heteroatoms. The van der Waals surface area contributed by atoms with Gasteiger partial charge >= 0.3 is 0 Å². The predicted octanol–water partition coefficient (Wildman–Crippen LogP) is 2.47. The standard InChI is InChI=1S/C15H23N3O/c1-9-4-6-13(10(9)2)18-14-7-5-11(8-12(14)16)15(19)17-3/h5,7-10,13,18H,4,6,16H2,1-3H3,(H,17,19). The molecule has 0 bridgehead atoms. The first-order valence-electron chi connectivity index (χ1n) is 6.91. The van der Waals surface area contributed by atoms with Gasteiger partial charge in [-0.3, -0.25) is 4.79 Å². The first-order chi connectivity index (χ1) is 9.02. The molecule has 1 amide bonds. The van der Waals surface area contributed by atoms with E-state index in [0.29, 0.717) is 23.2 Å². The van der Waals surface area contributed by atoms with Gasteiger partial charge in [-0.05, 0) is 42.9 Å². The lowest BCUT2D eigenvalue weighted by Crippen LogP contribution is -2.24. The largest absolute Gasteiger partial charge is 0.397 e. The third kappa shape index (κ3) is 2.83. The number of carbonyl (C=O) groups excluding carboxylic acids is 1. The SMILES string of the molecule is CNC(=O)c1ccc(NC2CCC(C)C2C)c(N)c1. The molecule has 0 radical (unpaired) electrons. The molecule has 0 saturated heterocycles. The van der Waals surface area contributed by atoms with Crippen LogP contribution >= 0.6 is 0 Å². The van der Waals surface area contributed by atoms with Crippen LogP contribution in [-0.4, -0.2) is 19.0 Å². The fourth-order valence-electron chi connectivity index (χ4n) is 2.75. The van der Waals surface area contributed by atoms with Gasteiger partial charge < -0.3 is 16.4 Å². The Balaban J connectivity index is 2.11. The van der Waals surface area contributed by atoms with E-state index in [1.54, 1.807) is 19.2 Å². The summed E-state index contributed by atoms with van der Waals surface area (Å²) < 4.78 is 0. The number of nitrogen functional groups attached to an aromatic ring is 1. The maximum atomic E-state index is 11.5. The topological polar surface area (TPSA) is 67.2 Å². The fourth-order valence-corrected chi connectivity index (χ4v) is 2.75. The van der Waals surface area contributed by atoms with E-state index in [-0.39, 0.29) is 5.91 Å². The van der Waals surface area contributed by atoms with Crippen molar-refractivity contribution in [1.29, 1.82) is 0 Å². The Morgan fingerprint density at radius 2 is 2.05 bits per heavy atom. The van der Waals surface area contributed by atoms with Crippen molar-refractivity contribution < 1.29 is 4.79 Å². The summed E-state index contributed by atoms with van der Waals surface area (Å²) in [5.41, 5.74) is 8.19. The zero-order valence-corrected chi connectivity index (χ0v) is 11.9. The number of rotatable bonds is 3. The van der Waals surface area contributed by atoms with E-state index in [1.165, 1.54) is 12.8 Å². The van der Waals surface area contributed by atoms with Crippen LogP contribution in [0.4, 0.5) is 11.4 Å². The van der Waals surface area contributed by atoms with E-state index in [9.17, 15) is 4.79 Å². The van der Waals surface area contributed by atoms with Crippen LogP contribution in [0.2, 0.25) is 0 Å². The van der Waals surface area contributed by atoms with Crippen molar-refractivity contribution >= 4 is 17.3 Å². The van der Waals surface area contributed by atoms with Crippen LogP contribution < -0.4 is 16.4 Å². The van der Waals surface area contributed by atoms with E-state index in [4.69, 9.17) is 5.73 Å². The highest BCUT2D eigenvalue weighted by atomic mass is 16.1. The second-order valence-corrected chi connectivity index (χ2v) is 5.55. The smallest absolute Gasteiger partial charge is 0.251 e. The summed E-state index contributed by atoms with van der Waals surface area (Å²) in [4.78, 5) is 11.5. The van der Waals surface area contributed by atoms with Crippen molar-refractivity contribution in [2.45, 2.75) is 32.7 Å². The summed E-state index contributed by atoms with van der Waals surface area (Å²) in [5.74, 6) is 1.29. The van der Waals surface area contributed by atoms with Crippen LogP contribution in [-0.2, 0) is 0 Å². The van der Waals surface area contributed by atoms with E-state index < -0.39 is 0 Å². The predicted molar refractivity (Wildman–Crippen MR) is 79.2 cm³/mol. The molecule has 0 heterocycles. The summed E-state index contributed by atoms with van der Waals surface area (Å²) in [6.45, 7) is 4.58. The maximum absolute atomic E-state index is 11.5. The van der Waals surface area contributed by atoms with Crippen LogP contribution in [0.5, 0.6) is 0 Å².